The summed E-state index contributed by atoms with van der Waals surface area (Å²) in [5, 5.41) is 0. The van der Waals surface area contributed by atoms with Gasteiger partial charge in [0.15, 0.2) is 0 Å². The van der Waals surface area contributed by atoms with E-state index in [9.17, 15) is 0 Å². The van der Waals surface area contributed by atoms with Gasteiger partial charge in [-0.15, -0.1) is 0 Å². The maximum absolute atomic E-state index is 3.98. The van der Waals surface area contributed by atoms with Crippen LogP contribution < -0.4 is 0 Å². The summed E-state index contributed by atoms with van der Waals surface area (Å²) >= 11 is 0. The van der Waals surface area contributed by atoms with Crippen LogP contribution in [0, 0.1) is 0 Å². The second-order valence-electron chi connectivity index (χ2n) is 5.95. The van der Waals surface area contributed by atoms with E-state index in [1.165, 1.54) is 56.9 Å². The Morgan fingerprint density at radius 2 is 1.75 bits per heavy atom. The highest BCUT2D eigenvalue weighted by molar-refractivity contribution is 5.55. The van der Waals surface area contributed by atoms with Crippen molar-refractivity contribution < 1.29 is 0 Å². The second kappa shape index (κ2) is 9.80. The molecule has 0 spiro atoms. The lowest BCUT2D eigenvalue weighted by atomic mass is 9.87. The van der Waals surface area contributed by atoms with Crippen LogP contribution in [0.1, 0.15) is 88.3 Å². The lowest BCUT2D eigenvalue weighted by Gasteiger charge is -2.18. The Balaban J connectivity index is 2.62. The summed E-state index contributed by atoms with van der Waals surface area (Å²) in [6, 6.07) is 6.72. The summed E-state index contributed by atoms with van der Waals surface area (Å²) in [5.74, 6) is 0.638. The third kappa shape index (κ3) is 5.15. The quantitative estimate of drug-likeness (QED) is 0.413. The average Bonchev–Trinajstić information content (AvgIpc) is 2.49. The minimum atomic E-state index is 0.638. The van der Waals surface area contributed by atoms with E-state index in [1.54, 1.807) is 11.1 Å². The predicted octanol–water partition coefficient (Wildman–Crippen LogP) is 6.75. The molecular formula is C20H32. The molecule has 0 heteroatoms. The molecule has 0 aliphatic heterocycles. The molecule has 0 saturated heterocycles. The smallest absolute Gasteiger partial charge is 0.0184 e. The van der Waals surface area contributed by atoms with Crippen molar-refractivity contribution in [1.82, 2.24) is 0 Å². The zero-order valence-electron chi connectivity index (χ0n) is 13.8. The molecule has 0 N–H and O–H groups in total. The third-order valence-electron chi connectivity index (χ3n) is 4.35. The van der Waals surface area contributed by atoms with Crippen LogP contribution in [0.25, 0.3) is 6.08 Å². The monoisotopic (exact) mass is 272 g/mol. The van der Waals surface area contributed by atoms with Crippen LogP contribution in [0.4, 0.5) is 0 Å². The zero-order valence-corrected chi connectivity index (χ0v) is 13.8. The van der Waals surface area contributed by atoms with Crippen LogP contribution >= 0.6 is 0 Å². The first-order valence-electron chi connectivity index (χ1n) is 8.48. The van der Waals surface area contributed by atoms with Gasteiger partial charge >= 0.3 is 0 Å². The van der Waals surface area contributed by atoms with E-state index >= 15 is 0 Å². The van der Waals surface area contributed by atoms with Crippen LogP contribution in [0.5, 0.6) is 0 Å². The highest BCUT2D eigenvalue weighted by Gasteiger charge is 2.12. The van der Waals surface area contributed by atoms with Gasteiger partial charge in [-0.25, -0.2) is 0 Å². The first-order valence-corrected chi connectivity index (χ1v) is 8.48. The van der Waals surface area contributed by atoms with Crippen molar-refractivity contribution in [3.8, 4) is 0 Å². The van der Waals surface area contributed by atoms with Gasteiger partial charge in [0.1, 0.15) is 0 Å². The van der Waals surface area contributed by atoms with Crippen molar-refractivity contribution in [1.29, 1.82) is 0 Å². The van der Waals surface area contributed by atoms with Crippen LogP contribution in [0.15, 0.2) is 24.8 Å². The minimum Gasteiger partial charge on any atom is -0.0985 e. The summed E-state index contributed by atoms with van der Waals surface area (Å²) < 4.78 is 0. The molecule has 0 heterocycles. The molecule has 0 aliphatic rings. The fourth-order valence-corrected chi connectivity index (χ4v) is 2.93. The molecule has 1 rings (SSSR count). The SMILES string of the molecule is C=Cc1cccc(CCCCCCCC)c1C(C)CC. The van der Waals surface area contributed by atoms with Gasteiger partial charge < -0.3 is 0 Å². The van der Waals surface area contributed by atoms with E-state index in [1.807, 2.05) is 6.08 Å². The maximum Gasteiger partial charge on any atom is -0.0184 e. The zero-order chi connectivity index (χ0) is 14.8. The molecule has 0 amide bonds. The van der Waals surface area contributed by atoms with Gasteiger partial charge in [-0.05, 0) is 41.9 Å². The van der Waals surface area contributed by atoms with Gasteiger partial charge in [0, 0.05) is 0 Å². The minimum absolute atomic E-state index is 0.638. The highest BCUT2D eigenvalue weighted by Crippen LogP contribution is 2.28. The standard InChI is InChI=1S/C20H32/c1-5-8-9-10-11-12-14-19-16-13-15-18(7-3)20(19)17(4)6-2/h7,13,15-17H,3,5-6,8-12,14H2,1-2,4H3. The van der Waals surface area contributed by atoms with Crippen LogP contribution in [-0.4, -0.2) is 0 Å². The topological polar surface area (TPSA) is 0 Å². The summed E-state index contributed by atoms with van der Waals surface area (Å²) in [4.78, 5) is 0. The van der Waals surface area contributed by atoms with Gasteiger partial charge in [0.25, 0.3) is 0 Å². The normalized spacial score (nSPS) is 12.3. The molecular weight excluding hydrogens is 240 g/mol. The Hall–Kier alpha value is -1.04. The van der Waals surface area contributed by atoms with E-state index in [0.29, 0.717) is 5.92 Å². The summed E-state index contributed by atoms with van der Waals surface area (Å²) in [5.41, 5.74) is 4.42. The summed E-state index contributed by atoms with van der Waals surface area (Å²) in [7, 11) is 0. The first-order chi connectivity index (χ1) is 9.74. The number of hydrogen-bond acceptors (Lipinski definition) is 0. The molecule has 0 nitrogen and oxygen atoms in total. The Kier molecular flexibility index (Phi) is 8.34. The molecule has 0 saturated carbocycles. The molecule has 1 aromatic carbocycles. The first kappa shape index (κ1) is 17.0. The third-order valence-corrected chi connectivity index (χ3v) is 4.35. The van der Waals surface area contributed by atoms with Crippen molar-refractivity contribution in [3.63, 3.8) is 0 Å². The predicted molar refractivity (Wildman–Crippen MR) is 92.3 cm³/mol. The average molecular weight is 272 g/mol. The number of unbranched alkanes of at least 4 members (excludes halogenated alkanes) is 5. The van der Waals surface area contributed by atoms with Gasteiger partial charge in [-0.1, -0.05) is 83.7 Å². The Morgan fingerprint density at radius 1 is 1.05 bits per heavy atom. The molecule has 20 heavy (non-hydrogen) atoms. The van der Waals surface area contributed by atoms with Gasteiger partial charge in [0.2, 0.25) is 0 Å². The van der Waals surface area contributed by atoms with Crippen LogP contribution in [-0.2, 0) is 6.42 Å². The molecule has 112 valence electrons. The van der Waals surface area contributed by atoms with E-state index in [0.717, 1.165) is 0 Å². The highest BCUT2D eigenvalue weighted by atomic mass is 14.2. The lowest BCUT2D eigenvalue weighted by molar-refractivity contribution is 0.604. The molecule has 0 aromatic heterocycles. The number of hydrogen-bond donors (Lipinski definition) is 0. The number of benzene rings is 1. The summed E-state index contributed by atoms with van der Waals surface area (Å²) in [6.07, 6.45) is 12.7. The van der Waals surface area contributed by atoms with E-state index in [2.05, 4.69) is 45.5 Å². The molecule has 0 radical (unpaired) electrons. The molecule has 0 aliphatic carbocycles. The van der Waals surface area contributed by atoms with E-state index < -0.39 is 0 Å². The van der Waals surface area contributed by atoms with Crippen molar-refractivity contribution in [2.24, 2.45) is 0 Å². The Morgan fingerprint density at radius 3 is 2.40 bits per heavy atom. The Bertz CT molecular complexity index is 389. The number of aryl methyl sites for hydroxylation is 1. The van der Waals surface area contributed by atoms with Crippen molar-refractivity contribution >= 4 is 6.08 Å². The van der Waals surface area contributed by atoms with E-state index in [-0.39, 0.29) is 0 Å². The van der Waals surface area contributed by atoms with Crippen molar-refractivity contribution in [2.75, 3.05) is 0 Å². The van der Waals surface area contributed by atoms with Gasteiger partial charge in [0.05, 0.1) is 0 Å². The van der Waals surface area contributed by atoms with Crippen molar-refractivity contribution in [2.45, 2.75) is 78.1 Å². The van der Waals surface area contributed by atoms with E-state index in [4.69, 9.17) is 0 Å². The fraction of sp³-hybridized carbons (Fsp3) is 0.600. The van der Waals surface area contributed by atoms with Crippen LogP contribution in [0.2, 0.25) is 0 Å². The lowest BCUT2D eigenvalue weighted by Crippen LogP contribution is -2.02. The largest absolute Gasteiger partial charge is 0.0985 e. The van der Waals surface area contributed by atoms with Crippen LogP contribution in [0.3, 0.4) is 0 Å². The van der Waals surface area contributed by atoms with Gasteiger partial charge in [-0.3, -0.25) is 0 Å². The molecule has 0 bridgehead atoms. The van der Waals surface area contributed by atoms with Crippen molar-refractivity contribution in [3.05, 3.63) is 41.5 Å². The molecule has 0 fully saturated rings. The second-order valence-corrected chi connectivity index (χ2v) is 5.95. The number of rotatable bonds is 10. The fourth-order valence-electron chi connectivity index (χ4n) is 2.93. The van der Waals surface area contributed by atoms with Gasteiger partial charge in [-0.2, -0.15) is 0 Å². The molecule has 1 unspecified atom stereocenters. The molecule has 1 atom stereocenters. The maximum atomic E-state index is 3.98. The summed E-state index contributed by atoms with van der Waals surface area (Å²) in [6.45, 7) is 10.9. The molecule has 1 aromatic rings. The Labute approximate surface area is 126 Å².